The van der Waals surface area contributed by atoms with Crippen molar-refractivity contribution in [1.29, 1.82) is 0 Å². The fourth-order valence-corrected chi connectivity index (χ4v) is 9.78. The van der Waals surface area contributed by atoms with Crippen molar-refractivity contribution in [1.82, 2.24) is 5.32 Å². The minimum atomic E-state index is -0.310. The van der Waals surface area contributed by atoms with Crippen molar-refractivity contribution in [2.75, 3.05) is 33.0 Å². The van der Waals surface area contributed by atoms with Crippen LogP contribution in [0.1, 0.15) is 120 Å². The van der Waals surface area contributed by atoms with Gasteiger partial charge in [0, 0.05) is 14.4 Å². The molecule has 42 heavy (non-hydrogen) atoms. The Morgan fingerprint density at radius 2 is 1.83 bits per heavy atom. The summed E-state index contributed by atoms with van der Waals surface area (Å²) in [6.45, 7) is 17.3. The zero-order valence-corrected chi connectivity index (χ0v) is 27.9. The van der Waals surface area contributed by atoms with Crippen LogP contribution in [0.25, 0.3) is 0 Å². The molecule has 4 unspecified atom stereocenters. The van der Waals surface area contributed by atoms with Crippen LogP contribution >= 0.6 is 0 Å². The Morgan fingerprint density at radius 3 is 2.62 bits per heavy atom. The lowest BCUT2D eigenvalue weighted by molar-refractivity contribution is -0.0581. The standard InChI is InChI=1S/C37H63NO4.H2/c1-7-8-9-22-40-24-25-41-23-21-38-35(39)42-30-17-19-36(5)29(26-30)13-14-31-33-16-15-32(28(4)12-10-11-27(2)3)37(33,6)20-18-34(31)36;/h8-9,13,27-28,30-34H,7,10-12,14-26H2,1-6H3,(H,38,39);1H/b9-8+;/t28-,30+,31?,32-,33?,34?,36+,37?;/m1./s1. The molecule has 3 saturated carbocycles. The van der Waals surface area contributed by atoms with Gasteiger partial charge in [-0.2, -0.15) is 0 Å². The second kappa shape index (κ2) is 15.6. The van der Waals surface area contributed by atoms with E-state index in [1.807, 2.05) is 6.08 Å². The summed E-state index contributed by atoms with van der Waals surface area (Å²) >= 11 is 0. The van der Waals surface area contributed by atoms with E-state index in [0.29, 0.717) is 38.4 Å². The van der Waals surface area contributed by atoms with Gasteiger partial charge in [-0.1, -0.05) is 84.6 Å². The number of ether oxygens (including phenoxy) is 3. The Hall–Kier alpha value is -1.33. The van der Waals surface area contributed by atoms with Gasteiger partial charge in [-0.25, -0.2) is 4.79 Å². The first-order valence-corrected chi connectivity index (χ1v) is 17.6. The summed E-state index contributed by atoms with van der Waals surface area (Å²) in [5, 5.41) is 2.88. The fourth-order valence-electron chi connectivity index (χ4n) is 9.78. The highest BCUT2D eigenvalue weighted by Gasteiger charge is 2.59. The molecule has 1 N–H and O–H groups in total. The molecule has 0 saturated heterocycles. The number of hydrogen-bond acceptors (Lipinski definition) is 4. The summed E-state index contributed by atoms with van der Waals surface area (Å²) in [6, 6.07) is 0. The van der Waals surface area contributed by atoms with Crippen molar-refractivity contribution in [2.24, 2.45) is 46.3 Å². The molecule has 0 bridgehead atoms. The Bertz CT molecular complexity index is 920. The highest BCUT2D eigenvalue weighted by Crippen LogP contribution is 2.67. The molecular weight excluding hydrogens is 522 g/mol. The van der Waals surface area contributed by atoms with E-state index in [1.54, 1.807) is 5.57 Å². The quantitative estimate of drug-likeness (QED) is 0.153. The van der Waals surface area contributed by atoms with Crippen LogP contribution in [0.3, 0.4) is 0 Å². The number of rotatable bonds is 15. The van der Waals surface area contributed by atoms with Gasteiger partial charge in [0.1, 0.15) is 6.10 Å². The normalized spacial score (nSPS) is 34.9. The smallest absolute Gasteiger partial charge is 0.407 e. The zero-order valence-electron chi connectivity index (χ0n) is 27.9. The number of hydrogen-bond donors (Lipinski definition) is 1. The van der Waals surface area contributed by atoms with Crippen LogP contribution in [0.15, 0.2) is 23.8 Å². The predicted molar refractivity (Wildman–Crippen MR) is 175 cm³/mol. The lowest BCUT2D eigenvalue weighted by Crippen LogP contribution is -2.51. The SMILES string of the molecule is CC/C=C/COCCOCCNC(=O)O[C@H]1CC[C@@]2(C)C(=CCC3C4CC[C@H]([C@H](C)CCCC(C)C)C4(C)CCC32)C1.[HH]. The van der Waals surface area contributed by atoms with E-state index in [2.05, 4.69) is 59.0 Å². The minimum absolute atomic E-state index is 0. The van der Waals surface area contributed by atoms with Crippen molar-refractivity contribution >= 4 is 6.09 Å². The lowest BCUT2D eigenvalue weighted by atomic mass is 9.47. The fraction of sp³-hybridized carbons (Fsp3) is 0.865. The number of amides is 1. The topological polar surface area (TPSA) is 56.8 Å². The number of carbonyl (C=O) groups is 1. The van der Waals surface area contributed by atoms with Gasteiger partial charge in [0.05, 0.1) is 26.4 Å². The summed E-state index contributed by atoms with van der Waals surface area (Å²) in [7, 11) is 0. The van der Waals surface area contributed by atoms with E-state index >= 15 is 0 Å². The van der Waals surface area contributed by atoms with Crippen LogP contribution in [-0.2, 0) is 14.2 Å². The molecule has 242 valence electrons. The number of fused-ring (bicyclic) bond motifs is 5. The number of allylic oxidation sites excluding steroid dienone is 2. The molecule has 0 heterocycles. The van der Waals surface area contributed by atoms with Gasteiger partial charge in [0.25, 0.3) is 0 Å². The van der Waals surface area contributed by atoms with Gasteiger partial charge in [-0.15, -0.1) is 0 Å². The van der Waals surface area contributed by atoms with Crippen LogP contribution in [-0.4, -0.2) is 45.2 Å². The first kappa shape index (κ1) is 33.6. The summed E-state index contributed by atoms with van der Waals surface area (Å²) < 4.78 is 16.9. The van der Waals surface area contributed by atoms with E-state index in [9.17, 15) is 4.79 Å². The molecular formula is C37H65NO4. The van der Waals surface area contributed by atoms with E-state index in [4.69, 9.17) is 14.2 Å². The molecule has 0 aromatic carbocycles. The van der Waals surface area contributed by atoms with Gasteiger partial charge in [-0.3, -0.25) is 0 Å². The first-order chi connectivity index (χ1) is 20.2. The van der Waals surface area contributed by atoms with E-state index in [0.717, 1.165) is 61.2 Å². The van der Waals surface area contributed by atoms with Crippen molar-refractivity contribution in [3.8, 4) is 0 Å². The largest absolute Gasteiger partial charge is 0.446 e. The molecule has 4 rings (SSSR count). The zero-order chi connectivity index (χ0) is 30.2. The maximum absolute atomic E-state index is 12.5. The minimum Gasteiger partial charge on any atom is -0.446 e. The van der Waals surface area contributed by atoms with Gasteiger partial charge in [-0.05, 0) is 97.7 Å². The Kier molecular flexibility index (Phi) is 12.5. The molecule has 1 amide bonds. The van der Waals surface area contributed by atoms with Gasteiger partial charge >= 0.3 is 6.09 Å². The summed E-state index contributed by atoms with van der Waals surface area (Å²) in [4.78, 5) is 12.5. The Balaban J connectivity index is 0.00000506. The third-order valence-corrected chi connectivity index (χ3v) is 12.0. The van der Waals surface area contributed by atoms with E-state index in [-0.39, 0.29) is 19.0 Å². The van der Waals surface area contributed by atoms with E-state index in [1.165, 1.54) is 51.4 Å². The molecule has 0 aromatic rings. The van der Waals surface area contributed by atoms with Crippen molar-refractivity contribution in [3.05, 3.63) is 23.8 Å². The Labute approximate surface area is 259 Å². The molecule has 4 aliphatic rings. The predicted octanol–water partition coefficient (Wildman–Crippen LogP) is 9.37. The molecule has 0 spiro atoms. The lowest BCUT2D eigenvalue weighted by Gasteiger charge is -2.58. The first-order valence-electron chi connectivity index (χ1n) is 17.6. The second-order valence-corrected chi connectivity index (χ2v) is 15.1. The van der Waals surface area contributed by atoms with Crippen LogP contribution in [0.5, 0.6) is 0 Å². The van der Waals surface area contributed by atoms with Gasteiger partial charge < -0.3 is 19.5 Å². The van der Waals surface area contributed by atoms with Crippen molar-refractivity contribution in [3.63, 3.8) is 0 Å². The molecule has 5 heteroatoms. The highest BCUT2D eigenvalue weighted by atomic mass is 16.6. The van der Waals surface area contributed by atoms with Crippen LogP contribution in [0, 0.1) is 46.3 Å². The number of alkyl carbamates (subject to hydrolysis) is 1. The Morgan fingerprint density at radius 1 is 1.02 bits per heavy atom. The molecule has 5 nitrogen and oxygen atoms in total. The number of carbonyl (C=O) groups excluding carboxylic acids is 1. The van der Waals surface area contributed by atoms with Crippen LogP contribution in [0.2, 0.25) is 0 Å². The average molecular weight is 588 g/mol. The average Bonchev–Trinajstić information content (AvgIpc) is 3.31. The summed E-state index contributed by atoms with van der Waals surface area (Å²) in [6.07, 6.45) is 21.5. The van der Waals surface area contributed by atoms with Crippen molar-refractivity contribution < 1.29 is 20.4 Å². The van der Waals surface area contributed by atoms with Crippen molar-refractivity contribution in [2.45, 2.75) is 125 Å². The maximum atomic E-state index is 12.5. The highest BCUT2D eigenvalue weighted by molar-refractivity contribution is 5.67. The third-order valence-electron chi connectivity index (χ3n) is 12.0. The van der Waals surface area contributed by atoms with Gasteiger partial charge in [0.15, 0.2) is 0 Å². The summed E-state index contributed by atoms with van der Waals surface area (Å²) in [5.41, 5.74) is 2.38. The monoisotopic (exact) mass is 587 g/mol. The van der Waals surface area contributed by atoms with Gasteiger partial charge in [0.2, 0.25) is 0 Å². The number of nitrogens with one attached hydrogen (secondary N) is 1. The maximum Gasteiger partial charge on any atom is 0.407 e. The summed E-state index contributed by atoms with van der Waals surface area (Å²) in [5.74, 6) is 5.11. The molecule has 0 radical (unpaired) electrons. The van der Waals surface area contributed by atoms with Crippen LogP contribution < -0.4 is 5.32 Å². The molecule has 3 fully saturated rings. The second-order valence-electron chi connectivity index (χ2n) is 15.1. The molecule has 0 aliphatic heterocycles. The molecule has 4 aliphatic carbocycles. The third kappa shape index (κ3) is 8.03. The molecule has 0 aromatic heterocycles. The molecule has 8 atom stereocenters. The van der Waals surface area contributed by atoms with E-state index < -0.39 is 0 Å². The van der Waals surface area contributed by atoms with Crippen LogP contribution in [0.4, 0.5) is 4.79 Å².